The molecule has 0 bridgehead atoms. The average molecular weight is 1070 g/mol. The van der Waals surface area contributed by atoms with Gasteiger partial charge in [0.25, 0.3) is 0 Å². The molecule has 33 heteroatoms. The third-order valence-corrected chi connectivity index (χ3v) is 12.8. The van der Waals surface area contributed by atoms with Crippen LogP contribution in [0, 0.1) is 0 Å². The van der Waals surface area contributed by atoms with E-state index in [4.69, 9.17) is 47.4 Å². The van der Waals surface area contributed by atoms with Crippen molar-refractivity contribution in [1.82, 2.24) is 10.6 Å². The van der Waals surface area contributed by atoms with E-state index in [0.29, 0.717) is 0 Å². The highest BCUT2D eigenvalue weighted by Crippen LogP contribution is 2.35. The maximum atomic E-state index is 12.7. The van der Waals surface area contributed by atoms with Crippen LogP contribution >= 0.6 is 0 Å². The Kier molecular flexibility index (Phi) is 22.8. The van der Waals surface area contributed by atoms with Gasteiger partial charge < -0.3 is 155 Å². The number of aliphatic hydroxyl groups excluding tert-OH is 18. The van der Waals surface area contributed by atoms with Crippen molar-refractivity contribution in [3.63, 3.8) is 0 Å². The largest absolute Gasteiger partial charge is 0.394 e. The summed E-state index contributed by atoms with van der Waals surface area (Å²) >= 11 is 0. The lowest BCUT2D eigenvalue weighted by Crippen LogP contribution is -2.70. The van der Waals surface area contributed by atoms with Gasteiger partial charge in [-0.2, -0.15) is 0 Å². The second-order valence-corrected chi connectivity index (χ2v) is 17.9. The molecular weight excluding hydrogens is 1000 g/mol. The number of ether oxygens (including phenoxy) is 10. The highest BCUT2D eigenvalue weighted by molar-refractivity contribution is 5.73. The lowest BCUT2D eigenvalue weighted by atomic mass is 9.94. The minimum Gasteiger partial charge on any atom is -0.394 e. The molecule has 0 aromatic heterocycles. The number of amides is 2. The molecular formula is C40H68N2O31. The van der Waals surface area contributed by atoms with Gasteiger partial charge >= 0.3 is 0 Å². The van der Waals surface area contributed by atoms with Gasteiger partial charge in [-0.15, -0.1) is 0 Å². The lowest BCUT2D eigenvalue weighted by Gasteiger charge is -2.50. The van der Waals surface area contributed by atoms with Gasteiger partial charge in [0, 0.05) is 13.8 Å². The van der Waals surface area contributed by atoms with Crippen molar-refractivity contribution in [2.45, 2.75) is 192 Å². The van der Waals surface area contributed by atoms with Gasteiger partial charge in [-0.3, -0.25) is 9.59 Å². The molecule has 73 heavy (non-hydrogen) atoms. The van der Waals surface area contributed by atoms with Crippen LogP contribution in [0.1, 0.15) is 13.8 Å². The first kappa shape index (κ1) is 61.3. The van der Waals surface area contributed by atoms with Gasteiger partial charge in [0.2, 0.25) is 11.8 Å². The van der Waals surface area contributed by atoms with Crippen LogP contribution in [0.25, 0.3) is 0 Å². The molecule has 5 saturated heterocycles. The Morgan fingerprint density at radius 2 is 0.932 bits per heavy atom. The summed E-state index contributed by atoms with van der Waals surface area (Å²) in [7, 11) is 0. The molecule has 5 fully saturated rings. The quantitative estimate of drug-likeness (QED) is 0.0448. The Morgan fingerprint density at radius 3 is 1.42 bits per heavy atom. The van der Waals surface area contributed by atoms with E-state index in [1.54, 1.807) is 0 Å². The van der Waals surface area contributed by atoms with Crippen LogP contribution in [-0.2, 0) is 61.8 Å². The van der Waals surface area contributed by atoms with E-state index in [-0.39, 0.29) is 6.29 Å². The van der Waals surface area contributed by atoms with Crippen LogP contribution in [0.5, 0.6) is 0 Å². The van der Waals surface area contributed by atoms with Gasteiger partial charge in [-0.05, 0) is 0 Å². The van der Waals surface area contributed by atoms with Crippen molar-refractivity contribution in [3.05, 3.63) is 0 Å². The van der Waals surface area contributed by atoms with Gasteiger partial charge in [-0.1, -0.05) is 0 Å². The van der Waals surface area contributed by atoms with E-state index in [1.165, 1.54) is 0 Å². The van der Waals surface area contributed by atoms with Crippen LogP contribution < -0.4 is 10.6 Å². The zero-order valence-electron chi connectivity index (χ0n) is 38.9. The summed E-state index contributed by atoms with van der Waals surface area (Å²) in [6, 6.07) is -3.53. The summed E-state index contributed by atoms with van der Waals surface area (Å²) in [6.07, 6.45) is -53.8. The molecule has 5 rings (SSSR count). The van der Waals surface area contributed by atoms with Crippen LogP contribution in [0.15, 0.2) is 0 Å². The Hall–Kier alpha value is -2.51. The highest BCUT2D eigenvalue weighted by atomic mass is 16.8. The highest BCUT2D eigenvalue weighted by Gasteiger charge is 2.57. The molecule has 0 aliphatic carbocycles. The summed E-state index contributed by atoms with van der Waals surface area (Å²) in [5.74, 6) is -1.73. The number of carbonyl (C=O) groups excluding carboxylic acids is 3. The predicted octanol–water partition coefficient (Wildman–Crippen LogP) is -14.0. The fourth-order valence-electron chi connectivity index (χ4n) is 8.76. The minimum atomic E-state index is -2.37. The van der Waals surface area contributed by atoms with Crippen molar-refractivity contribution in [2.75, 3.05) is 39.6 Å². The van der Waals surface area contributed by atoms with Crippen molar-refractivity contribution in [1.29, 1.82) is 0 Å². The third kappa shape index (κ3) is 14.0. The fraction of sp³-hybridized carbons (Fsp3) is 0.925. The molecule has 0 radical (unpaired) electrons. The van der Waals surface area contributed by atoms with E-state index < -0.39 is 229 Å². The number of nitrogens with one attached hydrogen (secondary N) is 2. The van der Waals surface area contributed by atoms with Crippen molar-refractivity contribution >= 4 is 18.1 Å². The normalized spacial score (nSPS) is 45.1. The smallest absolute Gasteiger partial charge is 0.217 e. The number of rotatable bonds is 22. The van der Waals surface area contributed by atoms with Gasteiger partial charge in [0.1, 0.15) is 146 Å². The van der Waals surface area contributed by atoms with Crippen LogP contribution in [0.3, 0.4) is 0 Å². The Morgan fingerprint density at radius 1 is 0.493 bits per heavy atom. The van der Waals surface area contributed by atoms with E-state index in [0.717, 1.165) is 13.8 Å². The molecule has 29 atom stereocenters. The van der Waals surface area contributed by atoms with Gasteiger partial charge in [0.15, 0.2) is 37.7 Å². The van der Waals surface area contributed by atoms with E-state index in [1.807, 2.05) is 0 Å². The molecule has 5 aliphatic rings. The summed E-state index contributed by atoms with van der Waals surface area (Å²) in [5, 5.41) is 195. The number of hydrogen-bond donors (Lipinski definition) is 20. The summed E-state index contributed by atoms with van der Waals surface area (Å²) in [6.45, 7) is -4.07. The van der Waals surface area contributed by atoms with E-state index in [9.17, 15) is 106 Å². The monoisotopic (exact) mass is 1070 g/mol. The SMILES string of the molecule is CC(=O)NC1C(OCC2OC(OC(C(O)CO)C(O)C(O)C=O)C(O)C(OC3OC(CO)C(O)C(OC4OC(CO)C(O)C(O)C4O)C3NC(C)=O)C2O)OC(CO)C(OC2OC(CO)C(O)C(O)C2O)C1O. The first-order valence-corrected chi connectivity index (χ1v) is 22.9. The minimum absolute atomic E-state index is 0.171. The topological polar surface area (TPSA) is 532 Å². The molecule has 0 spiro atoms. The summed E-state index contributed by atoms with van der Waals surface area (Å²) in [5.41, 5.74) is 0. The van der Waals surface area contributed by atoms with E-state index >= 15 is 0 Å². The first-order chi connectivity index (χ1) is 34.5. The molecule has 33 nitrogen and oxygen atoms in total. The average Bonchev–Trinajstić information content (AvgIpc) is 3.36. The maximum Gasteiger partial charge on any atom is 0.217 e. The third-order valence-electron chi connectivity index (χ3n) is 12.8. The molecule has 424 valence electrons. The second-order valence-electron chi connectivity index (χ2n) is 17.9. The van der Waals surface area contributed by atoms with Crippen molar-refractivity contribution in [2.24, 2.45) is 0 Å². The molecule has 29 unspecified atom stereocenters. The molecule has 0 aromatic rings. The Balaban J connectivity index is 1.48. The predicted molar refractivity (Wildman–Crippen MR) is 224 cm³/mol. The number of aldehydes is 1. The van der Waals surface area contributed by atoms with Crippen LogP contribution in [-0.4, -0.2) is 327 Å². The lowest BCUT2D eigenvalue weighted by molar-refractivity contribution is -0.376. The number of hydrogen-bond acceptors (Lipinski definition) is 31. The maximum absolute atomic E-state index is 12.7. The first-order valence-electron chi connectivity index (χ1n) is 22.9. The summed E-state index contributed by atoms with van der Waals surface area (Å²) in [4.78, 5) is 36.6. The van der Waals surface area contributed by atoms with E-state index in [2.05, 4.69) is 10.6 Å². The Bertz CT molecular complexity index is 1730. The summed E-state index contributed by atoms with van der Waals surface area (Å²) < 4.78 is 57.2. The molecule has 0 aromatic carbocycles. The van der Waals surface area contributed by atoms with Crippen molar-refractivity contribution in [3.8, 4) is 0 Å². The zero-order chi connectivity index (χ0) is 54.3. The van der Waals surface area contributed by atoms with Crippen molar-refractivity contribution < 1.29 is 154 Å². The van der Waals surface area contributed by atoms with Gasteiger partial charge in [-0.25, -0.2) is 0 Å². The standard InChI is InChI=1S/C40H68N2O31/c1-10(49)41-19-26(58)33(71-38-29(61)27(59)22(54)14(5-45)66-38)17(8-48)68-36(19)64-9-18-25(57)35(31(63)40(69-18)70-32(13(52)4-44)21(53)12(51)3-43)73-37-20(42-11(2)50)34(24(56)16(7-47)65-37)72-39-30(62)28(60)23(55)15(6-46)67-39/h3,12-40,44-48,51-63H,4-9H2,1-2H3,(H,41,49)(H,42,50). The fourth-order valence-corrected chi connectivity index (χ4v) is 8.76. The number of carbonyl (C=O) groups is 3. The molecule has 5 heterocycles. The molecule has 2 amide bonds. The second kappa shape index (κ2) is 27.2. The number of aliphatic hydroxyl groups is 18. The van der Waals surface area contributed by atoms with Gasteiger partial charge in [0.05, 0.1) is 39.6 Å². The van der Waals surface area contributed by atoms with Crippen LogP contribution in [0.4, 0.5) is 0 Å². The molecule has 5 aliphatic heterocycles. The molecule has 0 saturated carbocycles. The molecule has 20 N–H and O–H groups in total. The Labute approximate surface area is 413 Å². The van der Waals surface area contributed by atoms with Crippen LogP contribution in [0.2, 0.25) is 0 Å². The zero-order valence-corrected chi connectivity index (χ0v) is 38.9.